The zero-order valence-electron chi connectivity index (χ0n) is 18.8. The summed E-state index contributed by atoms with van der Waals surface area (Å²) in [6, 6.07) is 20.1. The van der Waals surface area contributed by atoms with E-state index >= 15 is 0 Å². The molecule has 5 heteroatoms. The lowest BCUT2D eigenvalue weighted by atomic mass is 9.99. The van der Waals surface area contributed by atoms with Gasteiger partial charge in [0.15, 0.2) is 0 Å². The van der Waals surface area contributed by atoms with E-state index in [1.165, 1.54) is 22.3 Å². The SMILES string of the molecule is Cc1cc(C)c(Cn2c(CCNC(=O)Cc3ccccc3Cl)nc3ccccc32)c(C)c1. The fourth-order valence-electron chi connectivity index (χ4n) is 4.30. The van der Waals surface area contributed by atoms with E-state index in [1.54, 1.807) is 0 Å². The summed E-state index contributed by atoms with van der Waals surface area (Å²) < 4.78 is 2.28. The van der Waals surface area contributed by atoms with E-state index in [2.05, 4.69) is 48.9 Å². The van der Waals surface area contributed by atoms with Crippen molar-refractivity contribution in [3.63, 3.8) is 0 Å². The monoisotopic (exact) mass is 445 g/mol. The van der Waals surface area contributed by atoms with Crippen LogP contribution in [-0.2, 0) is 24.2 Å². The molecule has 0 unspecified atom stereocenters. The van der Waals surface area contributed by atoms with Crippen molar-refractivity contribution < 1.29 is 4.79 Å². The quantitative estimate of drug-likeness (QED) is 0.404. The third kappa shape index (κ3) is 4.86. The fraction of sp³-hybridized carbons (Fsp3) is 0.259. The Labute approximate surface area is 194 Å². The number of hydrogen-bond donors (Lipinski definition) is 1. The predicted molar refractivity (Wildman–Crippen MR) is 131 cm³/mol. The molecule has 0 radical (unpaired) electrons. The molecule has 0 saturated heterocycles. The van der Waals surface area contributed by atoms with Crippen molar-refractivity contribution in [1.29, 1.82) is 0 Å². The van der Waals surface area contributed by atoms with Crippen LogP contribution in [0.2, 0.25) is 5.02 Å². The molecule has 0 fully saturated rings. The molecule has 1 N–H and O–H groups in total. The summed E-state index contributed by atoms with van der Waals surface area (Å²) in [4.78, 5) is 17.3. The van der Waals surface area contributed by atoms with Gasteiger partial charge in [0.05, 0.1) is 17.5 Å². The van der Waals surface area contributed by atoms with Crippen LogP contribution >= 0.6 is 11.6 Å². The lowest BCUT2D eigenvalue weighted by molar-refractivity contribution is -0.120. The molecule has 0 aliphatic rings. The van der Waals surface area contributed by atoms with Crippen molar-refractivity contribution in [2.24, 2.45) is 0 Å². The molecule has 164 valence electrons. The Kier molecular flexibility index (Phi) is 6.61. The van der Waals surface area contributed by atoms with E-state index in [4.69, 9.17) is 16.6 Å². The van der Waals surface area contributed by atoms with Gasteiger partial charge in [0.1, 0.15) is 5.82 Å². The largest absolute Gasteiger partial charge is 0.355 e. The third-order valence-electron chi connectivity index (χ3n) is 5.87. The van der Waals surface area contributed by atoms with Gasteiger partial charge in [0, 0.05) is 24.5 Å². The van der Waals surface area contributed by atoms with Gasteiger partial charge >= 0.3 is 0 Å². The van der Waals surface area contributed by atoms with E-state index in [-0.39, 0.29) is 12.3 Å². The Hall–Kier alpha value is -3.11. The molecule has 1 heterocycles. The lowest BCUT2D eigenvalue weighted by Gasteiger charge is -2.15. The predicted octanol–water partition coefficient (Wildman–Crippen LogP) is 5.56. The summed E-state index contributed by atoms with van der Waals surface area (Å²) in [5.74, 6) is 0.939. The minimum Gasteiger partial charge on any atom is -0.355 e. The molecule has 32 heavy (non-hydrogen) atoms. The number of aryl methyl sites for hydroxylation is 3. The molecule has 3 aromatic carbocycles. The number of amides is 1. The van der Waals surface area contributed by atoms with E-state index in [0.29, 0.717) is 18.0 Å². The molecule has 0 atom stereocenters. The van der Waals surface area contributed by atoms with Crippen LogP contribution in [0.5, 0.6) is 0 Å². The first-order valence-electron chi connectivity index (χ1n) is 10.9. The van der Waals surface area contributed by atoms with Gasteiger partial charge in [0.25, 0.3) is 0 Å². The van der Waals surface area contributed by atoms with E-state index in [0.717, 1.165) is 29.0 Å². The molecular formula is C27H28ClN3O. The van der Waals surface area contributed by atoms with Crippen molar-refractivity contribution in [2.75, 3.05) is 6.54 Å². The fourth-order valence-corrected chi connectivity index (χ4v) is 4.50. The Balaban J connectivity index is 1.52. The number of halogens is 1. The second-order valence-electron chi connectivity index (χ2n) is 8.35. The third-order valence-corrected chi connectivity index (χ3v) is 6.24. The summed E-state index contributed by atoms with van der Waals surface area (Å²) >= 11 is 6.18. The van der Waals surface area contributed by atoms with Crippen LogP contribution in [-0.4, -0.2) is 22.0 Å². The Bertz CT molecular complexity index is 1250. The van der Waals surface area contributed by atoms with Crippen molar-refractivity contribution in [1.82, 2.24) is 14.9 Å². The minimum absolute atomic E-state index is 0.0361. The number of benzene rings is 3. The van der Waals surface area contributed by atoms with Crippen molar-refractivity contribution in [3.8, 4) is 0 Å². The molecule has 0 bridgehead atoms. The van der Waals surface area contributed by atoms with Crippen LogP contribution in [0.1, 0.15) is 33.6 Å². The highest BCUT2D eigenvalue weighted by Gasteiger charge is 2.14. The number of carbonyl (C=O) groups excluding carboxylic acids is 1. The lowest BCUT2D eigenvalue weighted by Crippen LogP contribution is -2.28. The van der Waals surface area contributed by atoms with Gasteiger partial charge in [-0.05, 0) is 61.2 Å². The highest BCUT2D eigenvalue weighted by Crippen LogP contribution is 2.23. The number of nitrogens with zero attached hydrogens (tertiary/aromatic N) is 2. The smallest absolute Gasteiger partial charge is 0.224 e. The summed E-state index contributed by atoms with van der Waals surface area (Å²) in [5, 5.41) is 3.64. The highest BCUT2D eigenvalue weighted by molar-refractivity contribution is 6.31. The minimum atomic E-state index is -0.0361. The van der Waals surface area contributed by atoms with Gasteiger partial charge in [-0.15, -0.1) is 0 Å². The van der Waals surface area contributed by atoms with Crippen molar-refractivity contribution in [3.05, 3.63) is 99.3 Å². The van der Waals surface area contributed by atoms with Crippen LogP contribution in [0.25, 0.3) is 11.0 Å². The first kappa shape index (κ1) is 22.1. The molecule has 0 saturated carbocycles. The molecule has 1 amide bonds. The van der Waals surface area contributed by atoms with Gasteiger partial charge in [-0.2, -0.15) is 0 Å². The summed E-state index contributed by atoms with van der Waals surface area (Å²) in [6.07, 6.45) is 0.935. The van der Waals surface area contributed by atoms with E-state index < -0.39 is 0 Å². The number of para-hydroxylation sites is 2. The van der Waals surface area contributed by atoms with E-state index in [1.807, 2.05) is 42.5 Å². The average molecular weight is 446 g/mol. The first-order chi connectivity index (χ1) is 15.4. The van der Waals surface area contributed by atoms with Crippen LogP contribution in [0.15, 0.2) is 60.7 Å². The topological polar surface area (TPSA) is 46.9 Å². The number of fused-ring (bicyclic) bond motifs is 1. The van der Waals surface area contributed by atoms with Gasteiger partial charge in [-0.3, -0.25) is 4.79 Å². The number of aromatic nitrogens is 2. The van der Waals surface area contributed by atoms with E-state index in [9.17, 15) is 4.79 Å². The second kappa shape index (κ2) is 9.58. The molecule has 0 spiro atoms. The van der Waals surface area contributed by atoms with Crippen LogP contribution in [0, 0.1) is 20.8 Å². The van der Waals surface area contributed by atoms with Gasteiger partial charge in [0.2, 0.25) is 5.91 Å². The Morgan fingerprint density at radius 1 is 1.00 bits per heavy atom. The zero-order chi connectivity index (χ0) is 22.7. The molecule has 4 aromatic rings. The Morgan fingerprint density at radius 3 is 2.44 bits per heavy atom. The maximum atomic E-state index is 12.4. The summed E-state index contributed by atoms with van der Waals surface area (Å²) in [7, 11) is 0. The summed E-state index contributed by atoms with van der Waals surface area (Å²) in [5.41, 5.74) is 8.11. The molecule has 1 aromatic heterocycles. The number of rotatable bonds is 7. The first-order valence-corrected chi connectivity index (χ1v) is 11.3. The normalized spacial score (nSPS) is 11.1. The van der Waals surface area contributed by atoms with Gasteiger partial charge in [-0.25, -0.2) is 4.98 Å². The molecule has 0 aliphatic heterocycles. The molecule has 4 nitrogen and oxygen atoms in total. The molecular weight excluding hydrogens is 418 g/mol. The van der Waals surface area contributed by atoms with Crippen LogP contribution < -0.4 is 5.32 Å². The maximum absolute atomic E-state index is 12.4. The van der Waals surface area contributed by atoms with Crippen LogP contribution in [0.4, 0.5) is 0 Å². The van der Waals surface area contributed by atoms with Crippen molar-refractivity contribution >= 4 is 28.5 Å². The second-order valence-corrected chi connectivity index (χ2v) is 8.76. The number of imidazole rings is 1. The number of nitrogens with one attached hydrogen (secondary N) is 1. The Morgan fingerprint density at radius 2 is 1.69 bits per heavy atom. The number of carbonyl (C=O) groups is 1. The molecule has 4 rings (SSSR count). The van der Waals surface area contributed by atoms with Crippen molar-refractivity contribution in [2.45, 2.75) is 40.2 Å². The maximum Gasteiger partial charge on any atom is 0.224 e. The highest BCUT2D eigenvalue weighted by atomic mass is 35.5. The number of hydrogen-bond acceptors (Lipinski definition) is 2. The average Bonchev–Trinajstić information content (AvgIpc) is 3.09. The standard InChI is InChI=1S/C27H28ClN3O/c1-18-14-19(2)22(20(3)15-18)17-31-25-11-7-6-10-24(25)30-26(31)12-13-29-27(32)16-21-8-4-5-9-23(21)28/h4-11,14-15H,12-13,16-17H2,1-3H3,(H,29,32). The zero-order valence-corrected chi connectivity index (χ0v) is 19.5. The van der Waals surface area contributed by atoms with Crippen LogP contribution in [0.3, 0.4) is 0 Å². The van der Waals surface area contributed by atoms with Gasteiger partial charge < -0.3 is 9.88 Å². The van der Waals surface area contributed by atoms with Gasteiger partial charge in [-0.1, -0.05) is 59.6 Å². The summed E-state index contributed by atoms with van der Waals surface area (Å²) in [6.45, 7) is 7.76. The molecule has 0 aliphatic carbocycles.